The lowest BCUT2D eigenvalue weighted by Gasteiger charge is -2.15. The number of nitrogens with one attached hydrogen (secondary N) is 1. The molecule has 0 bridgehead atoms. The number of hydrogen-bond donors (Lipinski definition) is 1. The van der Waals surface area contributed by atoms with Crippen LogP contribution < -0.4 is 10.1 Å². The predicted molar refractivity (Wildman–Crippen MR) is 92.2 cm³/mol. The Bertz CT molecular complexity index is 876. The van der Waals surface area contributed by atoms with Gasteiger partial charge in [-0.3, -0.25) is 4.79 Å². The van der Waals surface area contributed by atoms with Crippen LogP contribution in [-0.4, -0.2) is 24.6 Å². The zero-order valence-corrected chi connectivity index (χ0v) is 15.1. The van der Waals surface area contributed by atoms with E-state index < -0.39 is 47.7 Å². The summed E-state index contributed by atoms with van der Waals surface area (Å²) in [6.45, 7) is 2.52. The van der Waals surface area contributed by atoms with E-state index in [4.69, 9.17) is 21.1 Å². The Balaban J connectivity index is 1.91. The molecule has 0 heterocycles. The average molecular weight is 402 g/mol. The Morgan fingerprint density at radius 3 is 2.56 bits per heavy atom. The van der Waals surface area contributed by atoms with Crippen LogP contribution in [0.4, 0.5) is 18.9 Å². The molecular weight excluding hydrogens is 387 g/mol. The van der Waals surface area contributed by atoms with E-state index in [1.807, 2.05) is 12.2 Å². The molecule has 0 aliphatic rings. The Hall–Kier alpha value is -2.74. The van der Waals surface area contributed by atoms with Gasteiger partial charge in [0.2, 0.25) is 0 Å². The third-order valence-electron chi connectivity index (χ3n) is 3.40. The number of carbonyl (C=O) groups excluding carboxylic acids is 2. The Morgan fingerprint density at radius 1 is 1.15 bits per heavy atom. The third-order valence-corrected chi connectivity index (χ3v) is 3.71. The van der Waals surface area contributed by atoms with E-state index in [1.165, 1.54) is 6.92 Å². The second-order valence-electron chi connectivity index (χ2n) is 5.57. The van der Waals surface area contributed by atoms with Crippen molar-refractivity contribution in [1.29, 1.82) is 0 Å². The van der Waals surface area contributed by atoms with E-state index in [2.05, 4.69) is 0 Å². The SMILES string of the molecule is Cc1ccc(Cl)c(OCC(=O)O[C@@H](C)C(=O)Nc2ccc(F)c(F)c2F)c1. The molecule has 0 unspecified atom stereocenters. The monoisotopic (exact) mass is 401 g/mol. The van der Waals surface area contributed by atoms with Crippen molar-refractivity contribution in [3.63, 3.8) is 0 Å². The number of benzene rings is 2. The number of aryl methyl sites for hydroxylation is 1. The number of carbonyl (C=O) groups is 2. The van der Waals surface area contributed by atoms with Crippen LogP contribution in [0, 0.1) is 24.4 Å². The molecule has 0 aliphatic heterocycles. The van der Waals surface area contributed by atoms with E-state index in [0.717, 1.165) is 11.6 Å². The molecule has 2 aromatic rings. The minimum atomic E-state index is -1.72. The van der Waals surface area contributed by atoms with Crippen molar-refractivity contribution in [3.05, 3.63) is 58.4 Å². The molecule has 0 fully saturated rings. The summed E-state index contributed by atoms with van der Waals surface area (Å²) in [5.74, 6) is -6.20. The quantitative estimate of drug-likeness (QED) is 0.586. The topological polar surface area (TPSA) is 64.6 Å². The molecule has 1 amide bonds. The van der Waals surface area contributed by atoms with Crippen molar-refractivity contribution in [1.82, 2.24) is 0 Å². The number of anilines is 1. The van der Waals surface area contributed by atoms with Crippen molar-refractivity contribution in [3.8, 4) is 5.75 Å². The Kier molecular flexibility index (Phi) is 6.68. The minimum Gasteiger partial charge on any atom is -0.480 e. The molecule has 0 radical (unpaired) electrons. The van der Waals surface area contributed by atoms with Crippen molar-refractivity contribution >= 4 is 29.2 Å². The van der Waals surface area contributed by atoms with Gasteiger partial charge < -0.3 is 14.8 Å². The summed E-state index contributed by atoms with van der Waals surface area (Å²) in [5.41, 5.74) is 0.286. The highest BCUT2D eigenvalue weighted by atomic mass is 35.5. The summed E-state index contributed by atoms with van der Waals surface area (Å²) in [6, 6.07) is 6.49. The Morgan fingerprint density at radius 2 is 1.85 bits per heavy atom. The minimum absolute atomic E-state index is 0.273. The first-order valence-electron chi connectivity index (χ1n) is 7.72. The zero-order valence-electron chi connectivity index (χ0n) is 14.3. The van der Waals surface area contributed by atoms with Gasteiger partial charge >= 0.3 is 5.97 Å². The van der Waals surface area contributed by atoms with Crippen molar-refractivity contribution in [2.24, 2.45) is 0 Å². The van der Waals surface area contributed by atoms with Gasteiger partial charge in [0.15, 0.2) is 30.2 Å². The van der Waals surface area contributed by atoms with Crippen LogP contribution in [0.5, 0.6) is 5.75 Å². The van der Waals surface area contributed by atoms with Gasteiger partial charge in [0, 0.05) is 0 Å². The summed E-state index contributed by atoms with van der Waals surface area (Å²) in [6.07, 6.45) is -1.33. The van der Waals surface area contributed by atoms with Gasteiger partial charge in [-0.15, -0.1) is 0 Å². The number of rotatable bonds is 6. The van der Waals surface area contributed by atoms with E-state index in [1.54, 1.807) is 18.2 Å². The summed E-state index contributed by atoms with van der Waals surface area (Å²) in [5, 5.41) is 2.31. The number of hydrogen-bond acceptors (Lipinski definition) is 4. The van der Waals surface area contributed by atoms with Crippen LogP contribution >= 0.6 is 11.6 Å². The molecule has 0 saturated heterocycles. The molecule has 1 atom stereocenters. The van der Waals surface area contributed by atoms with E-state index >= 15 is 0 Å². The van der Waals surface area contributed by atoms with Crippen LogP contribution in [0.25, 0.3) is 0 Å². The van der Waals surface area contributed by atoms with Gasteiger partial charge in [0.1, 0.15) is 5.75 Å². The lowest BCUT2D eigenvalue weighted by atomic mass is 10.2. The number of halogens is 4. The molecule has 0 aromatic heterocycles. The van der Waals surface area contributed by atoms with Gasteiger partial charge in [0.05, 0.1) is 10.7 Å². The van der Waals surface area contributed by atoms with Crippen LogP contribution in [0.15, 0.2) is 30.3 Å². The van der Waals surface area contributed by atoms with Crippen LogP contribution in [-0.2, 0) is 14.3 Å². The maximum Gasteiger partial charge on any atom is 0.344 e. The summed E-state index contributed by atoms with van der Waals surface area (Å²) in [4.78, 5) is 23.7. The largest absolute Gasteiger partial charge is 0.480 e. The zero-order chi connectivity index (χ0) is 20.1. The van der Waals surface area contributed by atoms with Crippen molar-refractivity contribution in [2.75, 3.05) is 11.9 Å². The van der Waals surface area contributed by atoms with E-state index in [-0.39, 0.29) is 5.75 Å². The summed E-state index contributed by atoms with van der Waals surface area (Å²) < 4.78 is 49.7. The van der Waals surface area contributed by atoms with E-state index in [9.17, 15) is 22.8 Å². The van der Waals surface area contributed by atoms with Crippen molar-refractivity contribution in [2.45, 2.75) is 20.0 Å². The molecule has 144 valence electrons. The standard InChI is InChI=1S/C18H15ClF3NO4/c1-9-3-4-11(19)14(7-9)26-8-15(24)27-10(2)18(25)23-13-6-5-12(20)16(21)17(13)22/h3-7,10H,8H2,1-2H3,(H,23,25)/t10-/m0/s1. The van der Waals surface area contributed by atoms with Gasteiger partial charge in [-0.1, -0.05) is 17.7 Å². The van der Waals surface area contributed by atoms with Gasteiger partial charge in [-0.2, -0.15) is 0 Å². The van der Waals surface area contributed by atoms with Gasteiger partial charge in [-0.05, 0) is 43.7 Å². The van der Waals surface area contributed by atoms with Crippen LogP contribution in [0.3, 0.4) is 0 Å². The predicted octanol–water partition coefficient (Wildman–Crippen LogP) is 4.01. The van der Waals surface area contributed by atoms with E-state index in [0.29, 0.717) is 11.1 Å². The summed E-state index contributed by atoms with van der Waals surface area (Å²) >= 11 is 5.93. The molecule has 9 heteroatoms. The normalized spacial score (nSPS) is 11.6. The molecule has 5 nitrogen and oxygen atoms in total. The first-order valence-corrected chi connectivity index (χ1v) is 8.09. The fraction of sp³-hybridized carbons (Fsp3) is 0.222. The van der Waals surface area contributed by atoms with Crippen molar-refractivity contribution < 1.29 is 32.2 Å². The second kappa shape index (κ2) is 8.77. The smallest absolute Gasteiger partial charge is 0.344 e. The van der Waals surface area contributed by atoms with Gasteiger partial charge in [-0.25, -0.2) is 18.0 Å². The maximum absolute atomic E-state index is 13.6. The number of amides is 1. The lowest BCUT2D eigenvalue weighted by molar-refractivity contribution is -0.155. The highest BCUT2D eigenvalue weighted by Gasteiger charge is 2.21. The first kappa shape index (κ1) is 20.6. The molecule has 1 N–H and O–H groups in total. The fourth-order valence-corrected chi connectivity index (χ4v) is 2.17. The number of esters is 1. The fourth-order valence-electron chi connectivity index (χ4n) is 2.00. The maximum atomic E-state index is 13.6. The molecule has 2 rings (SSSR count). The lowest BCUT2D eigenvalue weighted by Crippen LogP contribution is -2.32. The molecule has 0 saturated carbocycles. The Labute approximate surface area is 158 Å². The highest BCUT2D eigenvalue weighted by molar-refractivity contribution is 6.32. The molecular formula is C18H15ClF3NO4. The molecule has 27 heavy (non-hydrogen) atoms. The molecule has 0 spiro atoms. The summed E-state index contributed by atoms with van der Waals surface area (Å²) in [7, 11) is 0. The highest BCUT2D eigenvalue weighted by Crippen LogP contribution is 2.25. The van der Waals surface area contributed by atoms with Gasteiger partial charge in [0.25, 0.3) is 5.91 Å². The number of ether oxygens (including phenoxy) is 2. The van der Waals surface area contributed by atoms with Crippen LogP contribution in [0.2, 0.25) is 5.02 Å². The first-order chi connectivity index (χ1) is 12.7. The molecule has 0 aliphatic carbocycles. The van der Waals surface area contributed by atoms with Crippen LogP contribution in [0.1, 0.15) is 12.5 Å². The molecule has 2 aromatic carbocycles. The third kappa shape index (κ3) is 5.37. The second-order valence-corrected chi connectivity index (χ2v) is 5.97. The average Bonchev–Trinajstić information content (AvgIpc) is 2.62.